The maximum absolute atomic E-state index is 11.8. The minimum atomic E-state index is -0.0670. The molecule has 1 aliphatic carbocycles. The Labute approximate surface area is 95.0 Å². The number of carbonyl (C=O) groups is 1. The van der Waals surface area contributed by atoms with Crippen molar-refractivity contribution >= 4 is 5.91 Å². The van der Waals surface area contributed by atoms with Crippen LogP contribution >= 0.6 is 0 Å². The third-order valence-corrected chi connectivity index (χ3v) is 2.94. The summed E-state index contributed by atoms with van der Waals surface area (Å²) in [6, 6.07) is 0.340. The van der Waals surface area contributed by atoms with Crippen LogP contribution in [0.15, 0.2) is 12.5 Å². The lowest BCUT2D eigenvalue weighted by Gasteiger charge is -2.09. The van der Waals surface area contributed by atoms with Gasteiger partial charge in [0.05, 0.1) is 6.33 Å². The van der Waals surface area contributed by atoms with Gasteiger partial charge in [0.1, 0.15) is 5.69 Å². The Balaban J connectivity index is 1.91. The molecule has 2 rings (SSSR count). The molecule has 16 heavy (non-hydrogen) atoms. The van der Waals surface area contributed by atoms with E-state index in [0.717, 1.165) is 12.8 Å². The lowest BCUT2D eigenvalue weighted by atomic mass is 10.2. The molecule has 1 saturated carbocycles. The van der Waals surface area contributed by atoms with Crippen LogP contribution in [-0.4, -0.2) is 28.0 Å². The molecule has 5 heteroatoms. The Hall–Kier alpha value is -1.36. The van der Waals surface area contributed by atoms with Crippen molar-refractivity contribution < 1.29 is 4.79 Å². The summed E-state index contributed by atoms with van der Waals surface area (Å²) in [6.45, 7) is 1.25. The molecule has 1 amide bonds. The van der Waals surface area contributed by atoms with Crippen LogP contribution in [-0.2, 0) is 6.54 Å². The van der Waals surface area contributed by atoms with E-state index in [1.807, 2.05) is 4.57 Å². The Morgan fingerprint density at radius 1 is 1.56 bits per heavy atom. The number of aromatic nitrogens is 2. The number of hydrogen-bond acceptors (Lipinski definition) is 3. The molecule has 1 heterocycles. The first-order chi connectivity index (χ1) is 7.79. The fourth-order valence-corrected chi connectivity index (χ4v) is 2.08. The second-order valence-electron chi connectivity index (χ2n) is 4.24. The second-order valence-corrected chi connectivity index (χ2v) is 4.24. The maximum atomic E-state index is 11.8. The summed E-state index contributed by atoms with van der Waals surface area (Å²) in [4.78, 5) is 15.9. The molecule has 1 fully saturated rings. The molecular formula is C11H18N4O. The van der Waals surface area contributed by atoms with Gasteiger partial charge in [0, 0.05) is 25.3 Å². The molecule has 0 atom stereocenters. The van der Waals surface area contributed by atoms with E-state index in [1.165, 1.54) is 12.8 Å². The van der Waals surface area contributed by atoms with E-state index in [9.17, 15) is 4.79 Å². The van der Waals surface area contributed by atoms with Crippen molar-refractivity contribution in [2.45, 2.75) is 38.3 Å². The van der Waals surface area contributed by atoms with Gasteiger partial charge in [-0.15, -0.1) is 0 Å². The average molecular weight is 222 g/mol. The van der Waals surface area contributed by atoms with Crippen LogP contribution in [0.25, 0.3) is 0 Å². The van der Waals surface area contributed by atoms with Crippen LogP contribution in [0.3, 0.4) is 0 Å². The SMILES string of the molecule is NCCn1cnc(C(=O)NC2CCCC2)c1. The minimum Gasteiger partial charge on any atom is -0.348 e. The Bertz CT molecular complexity index is 355. The van der Waals surface area contributed by atoms with E-state index in [-0.39, 0.29) is 5.91 Å². The molecule has 0 saturated heterocycles. The van der Waals surface area contributed by atoms with E-state index < -0.39 is 0 Å². The molecule has 0 spiro atoms. The van der Waals surface area contributed by atoms with Crippen molar-refractivity contribution in [1.29, 1.82) is 0 Å². The highest BCUT2D eigenvalue weighted by Crippen LogP contribution is 2.17. The first-order valence-electron chi connectivity index (χ1n) is 5.82. The minimum absolute atomic E-state index is 0.0670. The third-order valence-electron chi connectivity index (χ3n) is 2.94. The van der Waals surface area contributed by atoms with E-state index in [2.05, 4.69) is 10.3 Å². The van der Waals surface area contributed by atoms with Crippen LogP contribution in [0, 0.1) is 0 Å². The van der Waals surface area contributed by atoms with Crippen molar-refractivity contribution in [2.75, 3.05) is 6.54 Å². The van der Waals surface area contributed by atoms with Gasteiger partial charge in [0.2, 0.25) is 0 Å². The largest absolute Gasteiger partial charge is 0.348 e. The summed E-state index contributed by atoms with van der Waals surface area (Å²) < 4.78 is 1.84. The second kappa shape index (κ2) is 5.12. The predicted molar refractivity (Wildman–Crippen MR) is 61.0 cm³/mol. The highest BCUT2D eigenvalue weighted by Gasteiger charge is 2.18. The number of nitrogens with zero attached hydrogens (tertiary/aromatic N) is 2. The van der Waals surface area contributed by atoms with E-state index in [4.69, 9.17) is 5.73 Å². The van der Waals surface area contributed by atoms with Crippen molar-refractivity contribution in [3.05, 3.63) is 18.2 Å². The van der Waals surface area contributed by atoms with Gasteiger partial charge in [0.25, 0.3) is 5.91 Å². The monoisotopic (exact) mass is 222 g/mol. The molecule has 0 unspecified atom stereocenters. The summed E-state index contributed by atoms with van der Waals surface area (Å²) in [6.07, 6.45) is 8.01. The van der Waals surface area contributed by atoms with Crippen LogP contribution in [0.4, 0.5) is 0 Å². The highest BCUT2D eigenvalue weighted by molar-refractivity contribution is 5.92. The number of carbonyl (C=O) groups excluding carboxylic acids is 1. The van der Waals surface area contributed by atoms with Crippen LogP contribution in [0.1, 0.15) is 36.2 Å². The summed E-state index contributed by atoms with van der Waals surface area (Å²) in [7, 11) is 0. The summed E-state index contributed by atoms with van der Waals surface area (Å²) in [5.41, 5.74) is 5.92. The van der Waals surface area contributed by atoms with Gasteiger partial charge in [-0.2, -0.15) is 0 Å². The van der Waals surface area contributed by atoms with Gasteiger partial charge in [0.15, 0.2) is 0 Å². The molecule has 88 valence electrons. The van der Waals surface area contributed by atoms with Crippen LogP contribution < -0.4 is 11.1 Å². The molecule has 5 nitrogen and oxygen atoms in total. The molecular weight excluding hydrogens is 204 g/mol. The summed E-state index contributed by atoms with van der Waals surface area (Å²) in [5, 5.41) is 3.00. The Morgan fingerprint density at radius 3 is 3.00 bits per heavy atom. The fraction of sp³-hybridized carbons (Fsp3) is 0.636. The van der Waals surface area contributed by atoms with Crippen molar-refractivity contribution in [3.63, 3.8) is 0 Å². The topological polar surface area (TPSA) is 72.9 Å². The van der Waals surface area contributed by atoms with E-state index in [0.29, 0.717) is 24.8 Å². The number of amides is 1. The first-order valence-corrected chi connectivity index (χ1v) is 5.82. The summed E-state index contributed by atoms with van der Waals surface area (Å²) in [5.74, 6) is -0.0670. The number of nitrogens with two attached hydrogens (primary N) is 1. The Kier molecular flexibility index (Phi) is 3.56. The molecule has 0 aromatic carbocycles. The quantitative estimate of drug-likeness (QED) is 0.779. The summed E-state index contributed by atoms with van der Waals surface area (Å²) >= 11 is 0. The number of hydrogen-bond donors (Lipinski definition) is 2. The molecule has 1 aliphatic rings. The number of imidazole rings is 1. The molecule has 1 aromatic rings. The standard InChI is InChI=1S/C11H18N4O/c12-5-6-15-7-10(13-8-15)11(16)14-9-3-1-2-4-9/h7-9H,1-6,12H2,(H,14,16). The predicted octanol–water partition coefficient (Wildman–Crippen LogP) is 0.514. The molecule has 0 bridgehead atoms. The molecule has 3 N–H and O–H groups in total. The fourth-order valence-electron chi connectivity index (χ4n) is 2.08. The zero-order chi connectivity index (χ0) is 11.4. The molecule has 0 radical (unpaired) electrons. The number of rotatable bonds is 4. The first kappa shape index (κ1) is 11.1. The van der Waals surface area contributed by atoms with E-state index >= 15 is 0 Å². The molecule has 1 aromatic heterocycles. The van der Waals surface area contributed by atoms with Gasteiger partial charge < -0.3 is 15.6 Å². The zero-order valence-corrected chi connectivity index (χ0v) is 9.35. The van der Waals surface area contributed by atoms with Gasteiger partial charge >= 0.3 is 0 Å². The third kappa shape index (κ3) is 2.61. The lowest BCUT2D eigenvalue weighted by molar-refractivity contribution is 0.0933. The van der Waals surface area contributed by atoms with E-state index in [1.54, 1.807) is 12.5 Å². The van der Waals surface area contributed by atoms with Crippen molar-refractivity contribution in [1.82, 2.24) is 14.9 Å². The maximum Gasteiger partial charge on any atom is 0.271 e. The highest BCUT2D eigenvalue weighted by atomic mass is 16.2. The average Bonchev–Trinajstić information content (AvgIpc) is 2.89. The van der Waals surface area contributed by atoms with Gasteiger partial charge in [-0.25, -0.2) is 4.98 Å². The normalized spacial score (nSPS) is 16.6. The Morgan fingerprint density at radius 2 is 2.31 bits per heavy atom. The van der Waals surface area contributed by atoms with Crippen LogP contribution in [0.2, 0.25) is 0 Å². The van der Waals surface area contributed by atoms with Crippen molar-refractivity contribution in [2.24, 2.45) is 5.73 Å². The van der Waals surface area contributed by atoms with Gasteiger partial charge in [-0.1, -0.05) is 12.8 Å². The van der Waals surface area contributed by atoms with Gasteiger partial charge in [-0.3, -0.25) is 4.79 Å². The van der Waals surface area contributed by atoms with Crippen molar-refractivity contribution in [3.8, 4) is 0 Å². The number of nitrogens with one attached hydrogen (secondary N) is 1. The molecule has 0 aliphatic heterocycles. The lowest BCUT2D eigenvalue weighted by Crippen LogP contribution is -2.32. The van der Waals surface area contributed by atoms with Crippen LogP contribution in [0.5, 0.6) is 0 Å². The van der Waals surface area contributed by atoms with Gasteiger partial charge in [-0.05, 0) is 12.8 Å². The zero-order valence-electron chi connectivity index (χ0n) is 9.35. The smallest absolute Gasteiger partial charge is 0.271 e.